The second-order valence-electron chi connectivity index (χ2n) is 2.86. The summed E-state index contributed by atoms with van der Waals surface area (Å²) in [6.07, 6.45) is -4.34. The normalized spacial score (nSPS) is 49.2. The van der Waals surface area contributed by atoms with Gasteiger partial charge in [-0.2, -0.15) is 0 Å². The molecule has 12 heavy (non-hydrogen) atoms. The molecule has 0 aromatic heterocycles. The molecular formula is C6H14N2O4. The molecule has 5 atom stereocenters. The highest BCUT2D eigenvalue weighted by molar-refractivity contribution is 4.91. The monoisotopic (exact) mass is 178 g/mol. The van der Waals surface area contributed by atoms with Gasteiger partial charge in [0.25, 0.3) is 0 Å². The van der Waals surface area contributed by atoms with Gasteiger partial charge in [0.2, 0.25) is 0 Å². The predicted molar refractivity (Wildman–Crippen MR) is 39.9 cm³/mol. The molecule has 0 aromatic carbocycles. The highest BCUT2D eigenvalue weighted by atomic mass is 16.6. The fraction of sp³-hybridized carbons (Fsp3) is 1.00. The Morgan fingerprint density at radius 1 is 1.17 bits per heavy atom. The molecule has 0 aromatic rings. The largest absolute Gasteiger partial charge is 0.388 e. The first-order chi connectivity index (χ1) is 5.57. The number of aliphatic hydroxyl groups is 3. The SMILES string of the molecule is NC[C@H]1O[C@@H](O)[C@H](N)[C@@H](O)[C@H]1O. The minimum atomic E-state index is -1.27. The van der Waals surface area contributed by atoms with E-state index in [2.05, 4.69) is 0 Å². The smallest absolute Gasteiger partial charge is 0.172 e. The maximum atomic E-state index is 9.28. The van der Waals surface area contributed by atoms with Crippen LogP contribution in [0.2, 0.25) is 0 Å². The highest BCUT2D eigenvalue weighted by Crippen LogP contribution is 2.17. The third kappa shape index (κ3) is 1.58. The molecule has 0 radical (unpaired) electrons. The molecule has 1 aliphatic rings. The maximum Gasteiger partial charge on any atom is 0.172 e. The summed E-state index contributed by atoms with van der Waals surface area (Å²) in [5.41, 5.74) is 10.5. The molecule has 7 N–H and O–H groups in total. The molecule has 0 bridgehead atoms. The van der Waals surface area contributed by atoms with Crippen LogP contribution in [0.15, 0.2) is 0 Å². The van der Waals surface area contributed by atoms with Crippen LogP contribution in [0.5, 0.6) is 0 Å². The summed E-state index contributed by atoms with van der Waals surface area (Å²) in [6, 6.07) is -0.984. The van der Waals surface area contributed by atoms with Gasteiger partial charge in [0, 0.05) is 6.54 Å². The first-order valence-corrected chi connectivity index (χ1v) is 3.73. The molecule has 0 spiro atoms. The summed E-state index contributed by atoms with van der Waals surface area (Å²) in [5, 5.41) is 27.6. The lowest BCUT2D eigenvalue weighted by Crippen LogP contribution is -2.62. The average Bonchev–Trinajstić information content (AvgIpc) is 2.08. The van der Waals surface area contributed by atoms with Crippen LogP contribution in [0.3, 0.4) is 0 Å². The lowest BCUT2D eigenvalue weighted by Gasteiger charge is -2.38. The third-order valence-electron chi connectivity index (χ3n) is 2.00. The Bertz CT molecular complexity index is 152. The molecule has 1 rings (SSSR count). The molecule has 1 saturated heterocycles. The van der Waals surface area contributed by atoms with E-state index in [1.807, 2.05) is 0 Å². The highest BCUT2D eigenvalue weighted by Gasteiger charge is 2.41. The van der Waals surface area contributed by atoms with E-state index in [0.29, 0.717) is 0 Å². The lowest BCUT2D eigenvalue weighted by atomic mass is 9.98. The van der Waals surface area contributed by atoms with E-state index in [1.165, 1.54) is 0 Å². The number of nitrogens with two attached hydrogens (primary N) is 2. The van der Waals surface area contributed by atoms with Crippen molar-refractivity contribution in [2.75, 3.05) is 6.54 Å². The summed E-state index contributed by atoms with van der Waals surface area (Å²) in [4.78, 5) is 0. The minimum Gasteiger partial charge on any atom is -0.388 e. The first-order valence-electron chi connectivity index (χ1n) is 3.73. The van der Waals surface area contributed by atoms with Gasteiger partial charge in [0.1, 0.15) is 18.3 Å². The topological polar surface area (TPSA) is 122 Å². The van der Waals surface area contributed by atoms with Crippen molar-refractivity contribution in [2.24, 2.45) is 11.5 Å². The van der Waals surface area contributed by atoms with Crippen molar-refractivity contribution < 1.29 is 20.1 Å². The van der Waals surface area contributed by atoms with Crippen LogP contribution in [0.4, 0.5) is 0 Å². The minimum absolute atomic E-state index is 0.0298. The quantitative estimate of drug-likeness (QED) is 0.287. The van der Waals surface area contributed by atoms with Gasteiger partial charge in [0.05, 0.1) is 6.04 Å². The maximum absolute atomic E-state index is 9.28. The van der Waals surface area contributed by atoms with Crippen molar-refractivity contribution in [1.82, 2.24) is 0 Å². The number of hydrogen-bond acceptors (Lipinski definition) is 6. The predicted octanol–water partition coefficient (Wildman–Crippen LogP) is -3.29. The van der Waals surface area contributed by atoms with Gasteiger partial charge in [-0.25, -0.2) is 0 Å². The second-order valence-corrected chi connectivity index (χ2v) is 2.86. The van der Waals surface area contributed by atoms with E-state index < -0.39 is 30.6 Å². The molecule has 6 heteroatoms. The molecule has 1 aliphatic heterocycles. The van der Waals surface area contributed by atoms with Crippen LogP contribution in [0.25, 0.3) is 0 Å². The van der Waals surface area contributed by atoms with Crippen molar-refractivity contribution >= 4 is 0 Å². The van der Waals surface area contributed by atoms with Gasteiger partial charge in [-0.15, -0.1) is 0 Å². The number of rotatable bonds is 1. The van der Waals surface area contributed by atoms with Gasteiger partial charge in [-0.1, -0.05) is 0 Å². The molecular weight excluding hydrogens is 164 g/mol. The van der Waals surface area contributed by atoms with Gasteiger partial charge in [-0.05, 0) is 0 Å². The van der Waals surface area contributed by atoms with E-state index in [4.69, 9.17) is 21.3 Å². The Labute approximate surface area is 69.7 Å². The summed E-state index contributed by atoms with van der Waals surface area (Å²) in [6.45, 7) is 0.0298. The second kappa shape index (κ2) is 3.65. The third-order valence-corrected chi connectivity index (χ3v) is 2.00. The van der Waals surface area contributed by atoms with Crippen molar-refractivity contribution in [3.05, 3.63) is 0 Å². The van der Waals surface area contributed by atoms with Gasteiger partial charge in [-0.3, -0.25) is 0 Å². The summed E-state index contributed by atoms with van der Waals surface area (Å²) in [5.74, 6) is 0. The Balaban J connectivity index is 2.63. The molecule has 0 aliphatic carbocycles. The van der Waals surface area contributed by atoms with Gasteiger partial charge in [0.15, 0.2) is 6.29 Å². The Kier molecular flexibility index (Phi) is 2.99. The van der Waals surface area contributed by atoms with Gasteiger partial charge >= 0.3 is 0 Å². The zero-order chi connectivity index (χ0) is 9.30. The molecule has 0 unspecified atom stereocenters. The van der Waals surface area contributed by atoms with Crippen LogP contribution in [-0.4, -0.2) is 52.5 Å². The van der Waals surface area contributed by atoms with E-state index in [-0.39, 0.29) is 6.54 Å². The fourth-order valence-corrected chi connectivity index (χ4v) is 1.16. The number of ether oxygens (including phenoxy) is 1. The van der Waals surface area contributed by atoms with Crippen LogP contribution in [-0.2, 0) is 4.74 Å². The average molecular weight is 178 g/mol. The van der Waals surface area contributed by atoms with Crippen LogP contribution >= 0.6 is 0 Å². The fourth-order valence-electron chi connectivity index (χ4n) is 1.16. The van der Waals surface area contributed by atoms with E-state index in [1.54, 1.807) is 0 Å². The van der Waals surface area contributed by atoms with E-state index in [9.17, 15) is 10.2 Å². The summed E-state index contributed by atoms with van der Waals surface area (Å²) >= 11 is 0. The Hall–Kier alpha value is -0.240. The Morgan fingerprint density at radius 3 is 2.25 bits per heavy atom. The van der Waals surface area contributed by atoms with Crippen molar-refractivity contribution in [2.45, 2.75) is 30.6 Å². The number of aliphatic hydroxyl groups excluding tert-OH is 3. The molecule has 1 fully saturated rings. The van der Waals surface area contributed by atoms with Crippen molar-refractivity contribution in [1.29, 1.82) is 0 Å². The van der Waals surface area contributed by atoms with Crippen LogP contribution in [0.1, 0.15) is 0 Å². The zero-order valence-corrected chi connectivity index (χ0v) is 6.50. The molecule has 0 amide bonds. The molecule has 6 nitrogen and oxygen atoms in total. The summed E-state index contributed by atoms with van der Waals surface area (Å²) < 4.78 is 4.83. The zero-order valence-electron chi connectivity index (χ0n) is 6.50. The molecule has 72 valence electrons. The van der Waals surface area contributed by atoms with Gasteiger partial charge < -0.3 is 31.5 Å². The van der Waals surface area contributed by atoms with E-state index >= 15 is 0 Å². The van der Waals surface area contributed by atoms with Crippen molar-refractivity contribution in [3.8, 4) is 0 Å². The van der Waals surface area contributed by atoms with Crippen molar-refractivity contribution in [3.63, 3.8) is 0 Å². The number of hydrogen-bond donors (Lipinski definition) is 5. The van der Waals surface area contributed by atoms with E-state index in [0.717, 1.165) is 0 Å². The standard InChI is InChI=1S/C6H14N2O4/c7-1-2-4(9)5(10)3(8)6(11)12-2/h2-6,9-11H,1,7-8H2/t2-,3-,4+,5-,6-/m1/s1. The Morgan fingerprint density at radius 2 is 1.75 bits per heavy atom. The lowest BCUT2D eigenvalue weighted by molar-refractivity contribution is -0.238. The first kappa shape index (κ1) is 9.85. The molecule has 0 saturated carbocycles. The van der Waals surface area contributed by atoms with Crippen LogP contribution < -0.4 is 11.5 Å². The summed E-state index contributed by atoms with van der Waals surface area (Å²) in [7, 11) is 0. The van der Waals surface area contributed by atoms with Crippen LogP contribution in [0, 0.1) is 0 Å². The molecule has 1 heterocycles.